The molecular formula is C20H15F2N3S. The Labute approximate surface area is 152 Å². The van der Waals surface area contributed by atoms with E-state index in [0.717, 1.165) is 46.4 Å². The summed E-state index contributed by atoms with van der Waals surface area (Å²) in [5.74, 6) is -1.08. The second-order valence-corrected chi connectivity index (χ2v) is 7.45. The topological polar surface area (TPSA) is 30.7 Å². The standard InChI is InChI=1S/C20H15F2N3S/c1-11-14(21)6-5-13(19(11)22)20-18(16-3-2-8-25(16)24-20)12-4-7-15-17(9-12)26-10-23-15/h4-7,9-10H,2-3,8H2,1H3. The second kappa shape index (κ2) is 5.71. The van der Waals surface area contributed by atoms with Gasteiger partial charge in [-0.2, -0.15) is 5.10 Å². The summed E-state index contributed by atoms with van der Waals surface area (Å²) in [6.07, 6.45) is 1.94. The summed E-state index contributed by atoms with van der Waals surface area (Å²) in [5, 5.41) is 4.68. The molecule has 0 saturated carbocycles. The number of nitrogens with zero attached hydrogens (tertiary/aromatic N) is 3. The zero-order valence-corrected chi connectivity index (χ0v) is 14.9. The lowest BCUT2D eigenvalue weighted by Crippen LogP contribution is -1.97. The van der Waals surface area contributed by atoms with E-state index in [0.29, 0.717) is 11.3 Å². The lowest BCUT2D eigenvalue weighted by Gasteiger charge is -2.09. The number of rotatable bonds is 2. The van der Waals surface area contributed by atoms with Crippen molar-refractivity contribution in [3.05, 3.63) is 58.7 Å². The van der Waals surface area contributed by atoms with Crippen LogP contribution >= 0.6 is 11.3 Å². The predicted molar refractivity (Wildman–Crippen MR) is 99.3 cm³/mol. The van der Waals surface area contributed by atoms with Gasteiger partial charge in [-0.05, 0) is 49.6 Å². The lowest BCUT2D eigenvalue weighted by atomic mass is 9.96. The van der Waals surface area contributed by atoms with Crippen LogP contribution in [0.3, 0.4) is 0 Å². The molecule has 0 unspecified atom stereocenters. The largest absolute Gasteiger partial charge is 0.268 e. The van der Waals surface area contributed by atoms with Crippen molar-refractivity contribution in [1.29, 1.82) is 0 Å². The molecule has 2 aromatic heterocycles. The van der Waals surface area contributed by atoms with Crippen molar-refractivity contribution in [1.82, 2.24) is 14.8 Å². The van der Waals surface area contributed by atoms with Crippen LogP contribution in [-0.4, -0.2) is 14.8 Å². The third kappa shape index (κ3) is 2.22. The molecule has 2 aromatic carbocycles. The van der Waals surface area contributed by atoms with Gasteiger partial charge in [0.1, 0.15) is 17.3 Å². The van der Waals surface area contributed by atoms with Crippen LogP contribution in [0.15, 0.2) is 35.8 Å². The van der Waals surface area contributed by atoms with Gasteiger partial charge in [0.25, 0.3) is 0 Å². The minimum absolute atomic E-state index is 0.0273. The van der Waals surface area contributed by atoms with Crippen LogP contribution in [-0.2, 0) is 13.0 Å². The molecule has 0 aliphatic carbocycles. The van der Waals surface area contributed by atoms with Crippen molar-refractivity contribution >= 4 is 21.6 Å². The first-order valence-electron chi connectivity index (χ1n) is 8.52. The Morgan fingerprint density at radius 1 is 1.15 bits per heavy atom. The van der Waals surface area contributed by atoms with Gasteiger partial charge in [0.05, 0.1) is 15.7 Å². The highest BCUT2D eigenvalue weighted by Gasteiger charge is 2.26. The van der Waals surface area contributed by atoms with Crippen molar-refractivity contribution < 1.29 is 8.78 Å². The fraction of sp³-hybridized carbons (Fsp3) is 0.200. The van der Waals surface area contributed by atoms with Gasteiger partial charge in [-0.25, -0.2) is 13.8 Å². The Balaban J connectivity index is 1.79. The number of benzene rings is 2. The summed E-state index contributed by atoms with van der Waals surface area (Å²) in [5.41, 5.74) is 6.80. The van der Waals surface area contributed by atoms with E-state index in [1.807, 2.05) is 22.3 Å². The van der Waals surface area contributed by atoms with Crippen LogP contribution in [0.2, 0.25) is 0 Å². The fourth-order valence-electron chi connectivity index (χ4n) is 3.68. The van der Waals surface area contributed by atoms with E-state index in [2.05, 4.69) is 16.1 Å². The predicted octanol–water partition coefficient (Wildman–Crippen LogP) is 5.36. The molecule has 0 spiro atoms. The molecule has 0 atom stereocenters. The van der Waals surface area contributed by atoms with Crippen LogP contribution in [0.25, 0.3) is 32.6 Å². The van der Waals surface area contributed by atoms with Gasteiger partial charge < -0.3 is 0 Å². The average Bonchev–Trinajstić information content (AvgIpc) is 3.34. The van der Waals surface area contributed by atoms with Crippen LogP contribution < -0.4 is 0 Å². The van der Waals surface area contributed by atoms with E-state index in [9.17, 15) is 8.78 Å². The third-order valence-electron chi connectivity index (χ3n) is 5.04. The van der Waals surface area contributed by atoms with Gasteiger partial charge in [0.2, 0.25) is 0 Å². The minimum Gasteiger partial charge on any atom is -0.268 e. The highest BCUT2D eigenvalue weighted by atomic mass is 32.1. The Hall–Kier alpha value is -2.60. The minimum atomic E-state index is -0.540. The molecule has 0 bridgehead atoms. The number of hydrogen-bond donors (Lipinski definition) is 0. The lowest BCUT2D eigenvalue weighted by molar-refractivity contribution is 0.569. The molecule has 0 saturated heterocycles. The van der Waals surface area contributed by atoms with Crippen molar-refractivity contribution in [3.63, 3.8) is 0 Å². The normalized spacial score (nSPS) is 13.5. The van der Waals surface area contributed by atoms with Gasteiger partial charge in [-0.3, -0.25) is 4.68 Å². The number of aromatic nitrogens is 3. The monoisotopic (exact) mass is 367 g/mol. The number of aryl methyl sites for hydroxylation is 1. The molecule has 3 nitrogen and oxygen atoms in total. The van der Waals surface area contributed by atoms with Crippen molar-refractivity contribution in [2.75, 3.05) is 0 Å². The van der Waals surface area contributed by atoms with Gasteiger partial charge in [0.15, 0.2) is 0 Å². The number of thiazole rings is 1. The molecule has 26 heavy (non-hydrogen) atoms. The first-order chi connectivity index (χ1) is 12.6. The Bertz CT molecular complexity index is 1160. The average molecular weight is 367 g/mol. The number of fused-ring (bicyclic) bond motifs is 2. The summed E-state index contributed by atoms with van der Waals surface area (Å²) >= 11 is 1.58. The molecular weight excluding hydrogens is 352 g/mol. The molecule has 5 rings (SSSR count). The van der Waals surface area contributed by atoms with Gasteiger partial charge in [0, 0.05) is 28.9 Å². The van der Waals surface area contributed by atoms with E-state index in [1.54, 1.807) is 11.3 Å². The van der Waals surface area contributed by atoms with Gasteiger partial charge >= 0.3 is 0 Å². The summed E-state index contributed by atoms with van der Waals surface area (Å²) in [6, 6.07) is 8.88. The van der Waals surface area contributed by atoms with E-state index in [4.69, 9.17) is 0 Å². The van der Waals surface area contributed by atoms with Crippen LogP contribution in [0, 0.1) is 18.6 Å². The molecule has 130 valence electrons. The molecule has 1 aliphatic heterocycles. The van der Waals surface area contributed by atoms with E-state index >= 15 is 0 Å². The van der Waals surface area contributed by atoms with Gasteiger partial charge in [-0.15, -0.1) is 11.3 Å². The molecule has 4 aromatic rings. The quantitative estimate of drug-likeness (QED) is 0.477. The molecule has 0 fully saturated rings. The number of hydrogen-bond acceptors (Lipinski definition) is 3. The van der Waals surface area contributed by atoms with Crippen molar-refractivity contribution in [2.24, 2.45) is 0 Å². The Kier molecular flexibility index (Phi) is 3.43. The molecule has 1 aliphatic rings. The first-order valence-corrected chi connectivity index (χ1v) is 9.39. The Morgan fingerprint density at radius 2 is 2.04 bits per heavy atom. The maximum Gasteiger partial charge on any atom is 0.138 e. The SMILES string of the molecule is Cc1c(F)ccc(-c2nn3c(c2-c2ccc4ncsc4c2)CCC3)c1F. The number of halogens is 2. The molecule has 0 N–H and O–H groups in total. The van der Waals surface area contributed by atoms with E-state index < -0.39 is 11.6 Å². The van der Waals surface area contributed by atoms with Crippen molar-refractivity contribution in [2.45, 2.75) is 26.3 Å². The summed E-state index contributed by atoms with van der Waals surface area (Å²) < 4.78 is 31.6. The highest BCUT2D eigenvalue weighted by Crippen LogP contribution is 2.40. The molecule has 3 heterocycles. The van der Waals surface area contributed by atoms with Crippen LogP contribution in [0.1, 0.15) is 17.7 Å². The summed E-state index contributed by atoms with van der Waals surface area (Å²) in [6.45, 7) is 2.29. The zero-order valence-electron chi connectivity index (χ0n) is 14.1. The summed E-state index contributed by atoms with van der Waals surface area (Å²) in [4.78, 5) is 4.33. The van der Waals surface area contributed by atoms with E-state index in [-0.39, 0.29) is 5.56 Å². The van der Waals surface area contributed by atoms with Crippen molar-refractivity contribution in [3.8, 4) is 22.4 Å². The Morgan fingerprint density at radius 3 is 2.92 bits per heavy atom. The maximum atomic E-state index is 14.8. The smallest absolute Gasteiger partial charge is 0.138 e. The van der Waals surface area contributed by atoms with Crippen LogP contribution in [0.4, 0.5) is 8.78 Å². The molecule has 0 amide bonds. The first kappa shape index (κ1) is 15.6. The van der Waals surface area contributed by atoms with Gasteiger partial charge in [-0.1, -0.05) is 6.07 Å². The summed E-state index contributed by atoms with van der Waals surface area (Å²) in [7, 11) is 0. The molecule has 6 heteroatoms. The van der Waals surface area contributed by atoms with E-state index in [1.165, 1.54) is 19.1 Å². The fourth-order valence-corrected chi connectivity index (χ4v) is 4.40. The maximum absolute atomic E-state index is 14.8. The third-order valence-corrected chi connectivity index (χ3v) is 5.83. The molecule has 0 radical (unpaired) electrons. The zero-order chi connectivity index (χ0) is 17.8. The highest BCUT2D eigenvalue weighted by molar-refractivity contribution is 7.16. The van der Waals surface area contributed by atoms with Crippen LogP contribution in [0.5, 0.6) is 0 Å². The second-order valence-electron chi connectivity index (χ2n) is 6.57.